The summed E-state index contributed by atoms with van der Waals surface area (Å²) in [5, 5.41) is 18.9. The van der Waals surface area contributed by atoms with Gasteiger partial charge in [0.1, 0.15) is 6.07 Å². The highest BCUT2D eigenvalue weighted by Crippen LogP contribution is 2.52. The number of rotatable bonds is 3. The summed E-state index contributed by atoms with van der Waals surface area (Å²) in [7, 11) is 0. The van der Waals surface area contributed by atoms with Crippen LogP contribution in [0.4, 0.5) is 0 Å². The number of hydrogen-bond donors (Lipinski definition) is 0. The lowest BCUT2D eigenvalue weighted by molar-refractivity contribution is -0.121. The number of benzene rings is 1. The zero-order valence-electron chi connectivity index (χ0n) is 20.3. The first-order chi connectivity index (χ1) is 17.4. The minimum Gasteiger partial charge on any atom is -0.339 e. The molecule has 8 nitrogen and oxygen atoms in total. The zero-order valence-corrected chi connectivity index (χ0v) is 20.3. The van der Waals surface area contributed by atoms with Gasteiger partial charge in [-0.2, -0.15) is 15.3 Å². The van der Waals surface area contributed by atoms with E-state index < -0.39 is 5.41 Å². The first-order valence-electron chi connectivity index (χ1n) is 12.0. The topological polar surface area (TPSA) is 110 Å². The van der Waals surface area contributed by atoms with Gasteiger partial charge in [0.25, 0.3) is 0 Å². The summed E-state index contributed by atoms with van der Waals surface area (Å²) in [6.07, 6.45) is 7.10. The average molecular weight is 477 g/mol. The van der Waals surface area contributed by atoms with Gasteiger partial charge in [-0.05, 0) is 55.2 Å². The molecule has 3 heterocycles. The number of aromatic nitrogens is 5. The number of fused-ring (bicyclic) bond motifs is 3. The van der Waals surface area contributed by atoms with Gasteiger partial charge in [0.05, 0.1) is 22.6 Å². The van der Waals surface area contributed by atoms with Crippen molar-refractivity contribution in [2.75, 3.05) is 0 Å². The lowest BCUT2D eigenvalue weighted by atomic mass is 9.57. The van der Waals surface area contributed by atoms with Crippen LogP contribution in [0, 0.1) is 30.1 Å². The third-order valence-electron chi connectivity index (χ3n) is 7.65. The van der Waals surface area contributed by atoms with Crippen LogP contribution >= 0.6 is 0 Å². The quantitative estimate of drug-likeness (QED) is 0.418. The molecular weight excluding hydrogens is 452 g/mol. The second-order valence-corrected chi connectivity index (χ2v) is 9.76. The fourth-order valence-electron chi connectivity index (χ4n) is 5.94. The Bertz CT molecular complexity index is 1560. The Labute approximate surface area is 208 Å². The third-order valence-corrected chi connectivity index (χ3v) is 7.65. The molecule has 0 aliphatic heterocycles. The molecule has 2 aliphatic carbocycles. The van der Waals surface area contributed by atoms with Crippen LogP contribution in [0.5, 0.6) is 0 Å². The van der Waals surface area contributed by atoms with Crippen LogP contribution in [-0.4, -0.2) is 30.7 Å². The standard InChI is InChI=1S/C28H24N6O2/c1-16-23-11-10-22-24(19-5-4-12-30-15-19)32-34(26(22)28(23,3)13-20(14-29)25(16)35)21-8-6-18(7-9-21)27-31-17(2)36-33-27/h4-9,12-13,15-16,23H,10-11H2,1-3H3/t16-,23-,28-/m1/s1. The molecule has 0 N–H and O–H groups in total. The van der Waals surface area contributed by atoms with E-state index in [-0.39, 0.29) is 23.2 Å². The predicted octanol–water partition coefficient (Wildman–Crippen LogP) is 4.78. The van der Waals surface area contributed by atoms with Crippen molar-refractivity contribution in [3.05, 3.63) is 77.6 Å². The van der Waals surface area contributed by atoms with Crippen molar-refractivity contribution >= 4 is 5.78 Å². The fraction of sp³-hybridized carbons (Fsp3) is 0.286. The average Bonchev–Trinajstić information content (AvgIpc) is 3.51. The van der Waals surface area contributed by atoms with E-state index in [1.54, 1.807) is 13.1 Å². The number of nitrogens with zero attached hydrogens (tertiary/aromatic N) is 6. The van der Waals surface area contributed by atoms with E-state index in [4.69, 9.17) is 9.62 Å². The van der Waals surface area contributed by atoms with Crippen molar-refractivity contribution in [2.24, 2.45) is 11.8 Å². The molecule has 36 heavy (non-hydrogen) atoms. The van der Waals surface area contributed by atoms with Gasteiger partial charge in [0.2, 0.25) is 11.7 Å². The Kier molecular flexibility index (Phi) is 4.97. The largest absolute Gasteiger partial charge is 0.339 e. The second-order valence-electron chi connectivity index (χ2n) is 9.76. The maximum Gasteiger partial charge on any atom is 0.223 e. The minimum atomic E-state index is -0.525. The summed E-state index contributed by atoms with van der Waals surface area (Å²) >= 11 is 0. The number of aryl methyl sites for hydroxylation is 1. The number of pyridine rings is 1. The minimum absolute atomic E-state index is 0.0678. The molecule has 3 atom stereocenters. The predicted molar refractivity (Wildman–Crippen MR) is 132 cm³/mol. The molecule has 0 radical (unpaired) electrons. The maximum atomic E-state index is 12.9. The van der Waals surface area contributed by atoms with Crippen LogP contribution in [-0.2, 0) is 16.6 Å². The van der Waals surface area contributed by atoms with Crippen LogP contribution in [0.3, 0.4) is 0 Å². The van der Waals surface area contributed by atoms with Crippen LogP contribution in [0.1, 0.15) is 37.4 Å². The zero-order chi connectivity index (χ0) is 25.0. The molecule has 0 saturated carbocycles. The van der Waals surface area contributed by atoms with E-state index in [1.165, 1.54) is 0 Å². The fourth-order valence-corrected chi connectivity index (χ4v) is 5.94. The Morgan fingerprint density at radius 1 is 1.19 bits per heavy atom. The lowest BCUT2D eigenvalue weighted by Gasteiger charge is -2.45. The molecule has 2 aliphatic rings. The monoisotopic (exact) mass is 476 g/mol. The Hall–Kier alpha value is -4.38. The molecule has 0 unspecified atom stereocenters. The van der Waals surface area contributed by atoms with Gasteiger partial charge in [-0.25, -0.2) is 4.68 Å². The molecule has 0 saturated heterocycles. The summed E-state index contributed by atoms with van der Waals surface area (Å²) < 4.78 is 7.10. The lowest BCUT2D eigenvalue weighted by Crippen LogP contribution is -2.46. The van der Waals surface area contributed by atoms with Gasteiger partial charge >= 0.3 is 0 Å². The first-order valence-corrected chi connectivity index (χ1v) is 12.0. The number of Topliss-reactive ketones (excluding diaryl/α,β-unsaturated/α-hetero) is 1. The Morgan fingerprint density at radius 2 is 2.00 bits per heavy atom. The van der Waals surface area contributed by atoms with Crippen molar-refractivity contribution in [3.63, 3.8) is 0 Å². The molecular formula is C28H24N6O2. The summed E-state index contributed by atoms with van der Waals surface area (Å²) in [6, 6.07) is 13.9. The van der Waals surface area contributed by atoms with Crippen molar-refractivity contribution in [3.8, 4) is 34.4 Å². The number of carbonyl (C=O) groups is 1. The van der Waals surface area contributed by atoms with E-state index >= 15 is 0 Å². The highest BCUT2D eigenvalue weighted by Gasteiger charge is 2.50. The summed E-state index contributed by atoms with van der Waals surface area (Å²) in [5.74, 6) is 0.814. The summed E-state index contributed by atoms with van der Waals surface area (Å²) in [5.41, 5.74) is 5.41. The van der Waals surface area contributed by atoms with Crippen molar-refractivity contribution in [2.45, 2.75) is 39.0 Å². The van der Waals surface area contributed by atoms with E-state index in [1.807, 2.05) is 60.3 Å². The molecule has 4 aromatic rings. The van der Waals surface area contributed by atoms with Gasteiger partial charge < -0.3 is 4.52 Å². The van der Waals surface area contributed by atoms with E-state index in [2.05, 4.69) is 28.1 Å². The smallest absolute Gasteiger partial charge is 0.223 e. The van der Waals surface area contributed by atoms with Crippen molar-refractivity contribution in [1.82, 2.24) is 24.9 Å². The Balaban J connectivity index is 1.57. The van der Waals surface area contributed by atoms with Crippen LogP contribution in [0.15, 0.2) is 65.0 Å². The van der Waals surface area contributed by atoms with Gasteiger partial charge in [0.15, 0.2) is 5.78 Å². The van der Waals surface area contributed by atoms with Gasteiger partial charge in [0, 0.05) is 47.3 Å². The highest BCUT2D eigenvalue weighted by molar-refractivity contribution is 6.02. The molecule has 0 fully saturated rings. The first kappa shape index (κ1) is 22.1. The van der Waals surface area contributed by atoms with Gasteiger partial charge in [-0.1, -0.05) is 25.1 Å². The van der Waals surface area contributed by atoms with E-state index in [0.29, 0.717) is 11.7 Å². The SMILES string of the molecule is Cc1nc(-c2ccc(-n3nc(-c4cccnc4)c4c3[C@]3(C)C=C(C#N)C(=O)[C@H](C)[C@H]3CC4)cc2)no1. The normalized spacial score (nSPS) is 22.9. The number of hydrogen-bond acceptors (Lipinski definition) is 7. The molecule has 0 amide bonds. The molecule has 0 bridgehead atoms. The van der Waals surface area contributed by atoms with Gasteiger partial charge in [-0.3, -0.25) is 9.78 Å². The highest BCUT2D eigenvalue weighted by atomic mass is 16.5. The van der Waals surface area contributed by atoms with E-state index in [0.717, 1.165) is 46.6 Å². The third kappa shape index (κ3) is 3.23. The van der Waals surface area contributed by atoms with Gasteiger partial charge in [-0.15, -0.1) is 0 Å². The molecule has 3 aromatic heterocycles. The summed E-state index contributed by atoms with van der Waals surface area (Å²) in [4.78, 5) is 21.5. The van der Waals surface area contributed by atoms with Crippen molar-refractivity contribution < 1.29 is 9.32 Å². The molecule has 0 spiro atoms. The van der Waals surface area contributed by atoms with E-state index in [9.17, 15) is 10.1 Å². The van der Waals surface area contributed by atoms with Crippen LogP contribution < -0.4 is 0 Å². The summed E-state index contributed by atoms with van der Waals surface area (Å²) in [6.45, 7) is 5.85. The second kappa shape index (κ2) is 8.09. The number of ketones is 1. The molecule has 6 rings (SSSR count). The van der Waals surface area contributed by atoms with Crippen LogP contribution in [0.2, 0.25) is 0 Å². The molecule has 8 heteroatoms. The molecule has 178 valence electrons. The number of carbonyl (C=O) groups excluding carboxylic acids is 1. The number of allylic oxidation sites excluding steroid dienone is 2. The van der Waals surface area contributed by atoms with Crippen molar-refractivity contribution in [1.29, 1.82) is 5.26 Å². The van der Waals surface area contributed by atoms with Crippen LogP contribution in [0.25, 0.3) is 28.3 Å². The Morgan fingerprint density at radius 3 is 2.67 bits per heavy atom. The maximum absolute atomic E-state index is 12.9. The number of nitriles is 1. The molecule has 1 aromatic carbocycles.